The Balaban J connectivity index is 1.72. The molecule has 4 atom stereocenters. The number of aliphatic hydroxyl groups is 2. The van der Waals surface area contributed by atoms with Gasteiger partial charge >= 0.3 is 0 Å². The fourth-order valence-electron chi connectivity index (χ4n) is 3.68. The second-order valence-electron chi connectivity index (χ2n) is 7.79. The van der Waals surface area contributed by atoms with Crippen LogP contribution >= 0.6 is 0 Å². The first-order valence-corrected chi connectivity index (χ1v) is 11.0. The Hall–Kier alpha value is -2.94. The van der Waals surface area contributed by atoms with Crippen LogP contribution in [-0.2, 0) is 32.2 Å². The second-order valence-corrected chi connectivity index (χ2v) is 7.79. The molecule has 0 radical (unpaired) electrons. The van der Waals surface area contributed by atoms with Crippen LogP contribution in [0, 0.1) is 23.7 Å². The molecule has 34 heavy (non-hydrogen) atoms. The van der Waals surface area contributed by atoms with Gasteiger partial charge in [0.05, 0.1) is 13.2 Å². The van der Waals surface area contributed by atoms with Crippen molar-refractivity contribution in [3.8, 4) is 23.7 Å². The Bertz CT molecular complexity index is 961. The summed E-state index contributed by atoms with van der Waals surface area (Å²) < 4.78 is 22.0. The second kappa shape index (κ2) is 12.5. The van der Waals surface area contributed by atoms with E-state index in [9.17, 15) is 10.2 Å². The monoisotopic (exact) mass is 462 g/mol. The minimum absolute atomic E-state index is 0.0543. The highest BCUT2D eigenvalue weighted by Gasteiger charge is 2.59. The van der Waals surface area contributed by atoms with Crippen molar-refractivity contribution in [3.05, 3.63) is 83.9 Å². The van der Waals surface area contributed by atoms with Crippen molar-refractivity contribution < 1.29 is 29.2 Å². The molecule has 1 aliphatic carbocycles. The van der Waals surface area contributed by atoms with E-state index in [1.807, 2.05) is 60.7 Å². The van der Waals surface area contributed by atoms with Gasteiger partial charge in [0.15, 0.2) is 11.2 Å². The van der Waals surface area contributed by atoms with Crippen LogP contribution in [0.1, 0.15) is 11.1 Å². The van der Waals surface area contributed by atoms with Gasteiger partial charge < -0.3 is 29.2 Å². The predicted octanol–water partition coefficient (Wildman–Crippen LogP) is 2.49. The average Bonchev–Trinajstić information content (AvgIpc) is 2.86. The normalized spacial score (nSPS) is 25.6. The summed E-state index contributed by atoms with van der Waals surface area (Å²) >= 11 is 0. The first kappa shape index (κ1) is 25.7. The van der Waals surface area contributed by atoms with E-state index < -0.39 is 23.4 Å². The van der Waals surface area contributed by atoms with Gasteiger partial charge in [0, 0.05) is 14.2 Å². The number of ether oxygens (including phenoxy) is 4. The van der Waals surface area contributed by atoms with Crippen LogP contribution in [0.25, 0.3) is 0 Å². The van der Waals surface area contributed by atoms with Crippen LogP contribution in [0.15, 0.2) is 72.8 Å². The lowest BCUT2D eigenvalue weighted by Crippen LogP contribution is -2.67. The van der Waals surface area contributed by atoms with Crippen LogP contribution in [0.2, 0.25) is 0 Å². The predicted molar refractivity (Wildman–Crippen MR) is 128 cm³/mol. The van der Waals surface area contributed by atoms with E-state index >= 15 is 0 Å². The lowest BCUT2D eigenvalue weighted by molar-refractivity contribution is -0.181. The molecule has 0 bridgehead atoms. The third-order valence-corrected chi connectivity index (χ3v) is 5.50. The molecule has 0 fully saturated rings. The van der Waals surface area contributed by atoms with E-state index in [-0.39, 0.29) is 13.2 Å². The van der Waals surface area contributed by atoms with Crippen LogP contribution in [-0.4, -0.2) is 61.1 Å². The Morgan fingerprint density at radius 2 is 1.06 bits per heavy atom. The van der Waals surface area contributed by atoms with Gasteiger partial charge in [-0.05, 0) is 11.1 Å². The first-order valence-electron chi connectivity index (χ1n) is 11.0. The van der Waals surface area contributed by atoms with E-state index in [0.29, 0.717) is 13.2 Å². The summed E-state index contributed by atoms with van der Waals surface area (Å²) in [7, 11) is 2.86. The number of rotatable bonds is 8. The molecule has 178 valence electrons. The molecule has 2 aromatic rings. The molecule has 6 nitrogen and oxygen atoms in total. The number of methoxy groups -OCH3 is 2. The van der Waals surface area contributed by atoms with E-state index in [2.05, 4.69) is 23.7 Å². The fourth-order valence-corrected chi connectivity index (χ4v) is 3.68. The SMILES string of the molecule is COC1C=CC(OC)C(O)(C#CCOCc2ccccc2)C1(O)C#CCOCc1ccccc1. The topological polar surface area (TPSA) is 77.4 Å². The van der Waals surface area contributed by atoms with E-state index in [4.69, 9.17) is 18.9 Å². The van der Waals surface area contributed by atoms with Gasteiger partial charge in [0.25, 0.3) is 0 Å². The summed E-state index contributed by atoms with van der Waals surface area (Å²) in [5.41, 5.74) is -2.09. The van der Waals surface area contributed by atoms with Crippen molar-refractivity contribution in [2.75, 3.05) is 27.4 Å². The van der Waals surface area contributed by atoms with Crippen LogP contribution in [0.4, 0.5) is 0 Å². The molecule has 0 saturated carbocycles. The average molecular weight is 463 g/mol. The molecule has 4 unspecified atom stereocenters. The maximum absolute atomic E-state index is 11.5. The molecule has 0 saturated heterocycles. The molecule has 0 aromatic heterocycles. The Morgan fingerprint density at radius 3 is 1.41 bits per heavy atom. The van der Waals surface area contributed by atoms with Gasteiger partial charge in [-0.1, -0.05) is 96.5 Å². The zero-order valence-electron chi connectivity index (χ0n) is 19.4. The molecule has 1 aliphatic rings. The van der Waals surface area contributed by atoms with E-state index in [1.54, 1.807) is 12.2 Å². The Kier molecular flexibility index (Phi) is 9.44. The molecule has 3 rings (SSSR count). The summed E-state index contributed by atoms with van der Waals surface area (Å²) in [6.45, 7) is 0.869. The number of benzene rings is 2. The summed E-state index contributed by atoms with van der Waals surface area (Å²) in [5, 5.41) is 23.0. The summed E-state index contributed by atoms with van der Waals surface area (Å²) in [6, 6.07) is 19.4. The van der Waals surface area contributed by atoms with Gasteiger partial charge in [0.1, 0.15) is 25.4 Å². The van der Waals surface area contributed by atoms with Gasteiger partial charge in [-0.15, -0.1) is 0 Å². The molecule has 2 N–H and O–H groups in total. The van der Waals surface area contributed by atoms with E-state index in [1.165, 1.54) is 14.2 Å². The molecule has 0 amide bonds. The standard InChI is InChI=1S/C28H30O6/c1-31-25-15-16-26(32-2)28(30,18-10-20-34-22-24-13-7-4-8-14-24)27(25,29)17-9-19-33-21-23-11-5-3-6-12-23/h3-8,11-16,25-26,29-30H,19-22H2,1-2H3. The minimum Gasteiger partial charge on any atom is -0.373 e. The molecular formula is C28H30O6. The van der Waals surface area contributed by atoms with E-state index in [0.717, 1.165) is 11.1 Å². The zero-order valence-corrected chi connectivity index (χ0v) is 19.4. The highest BCUT2D eigenvalue weighted by Crippen LogP contribution is 2.36. The smallest absolute Gasteiger partial charge is 0.198 e. The molecule has 0 heterocycles. The fraction of sp³-hybridized carbons (Fsp3) is 0.357. The van der Waals surface area contributed by atoms with Crippen molar-refractivity contribution in [2.24, 2.45) is 0 Å². The summed E-state index contributed by atoms with van der Waals surface area (Å²) in [6.07, 6.45) is 1.36. The molecule has 2 aromatic carbocycles. The van der Waals surface area contributed by atoms with Gasteiger partial charge in [0.2, 0.25) is 0 Å². The quantitative estimate of drug-likeness (QED) is 0.357. The van der Waals surface area contributed by atoms with Crippen molar-refractivity contribution in [3.63, 3.8) is 0 Å². The van der Waals surface area contributed by atoms with Crippen LogP contribution in [0.3, 0.4) is 0 Å². The largest absolute Gasteiger partial charge is 0.373 e. The van der Waals surface area contributed by atoms with Crippen molar-refractivity contribution in [1.29, 1.82) is 0 Å². The van der Waals surface area contributed by atoms with Crippen LogP contribution in [0.5, 0.6) is 0 Å². The summed E-state index contributed by atoms with van der Waals surface area (Å²) in [5.74, 6) is 11.1. The highest BCUT2D eigenvalue weighted by molar-refractivity contribution is 5.42. The highest BCUT2D eigenvalue weighted by atomic mass is 16.5. The molecule has 0 spiro atoms. The van der Waals surface area contributed by atoms with Gasteiger partial charge in [-0.3, -0.25) is 0 Å². The van der Waals surface area contributed by atoms with Crippen molar-refractivity contribution in [2.45, 2.75) is 36.6 Å². The van der Waals surface area contributed by atoms with Gasteiger partial charge in [-0.2, -0.15) is 0 Å². The molecular weight excluding hydrogens is 432 g/mol. The Morgan fingerprint density at radius 1 is 0.676 bits per heavy atom. The maximum atomic E-state index is 11.5. The third kappa shape index (κ3) is 6.14. The minimum atomic E-state index is -2.06. The molecule has 6 heteroatoms. The Labute approximate surface area is 201 Å². The number of hydrogen-bond donors (Lipinski definition) is 2. The third-order valence-electron chi connectivity index (χ3n) is 5.50. The summed E-state index contributed by atoms with van der Waals surface area (Å²) in [4.78, 5) is 0. The molecule has 0 aliphatic heterocycles. The van der Waals surface area contributed by atoms with Crippen LogP contribution < -0.4 is 0 Å². The van der Waals surface area contributed by atoms with Gasteiger partial charge in [-0.25, -0.2) is 0 Å². The number of hydrogen-bond acceptors (Lipinski definition) is 6. The maximum Gasteiger partial charge on any atom is 0.198 e. The van der Waals surface area contributed by atoms with Crippen molar-refractivity contribution in [1.82, 2.24) is 0 Å². The lowest BCUT2D eigenvalue weighted by atomic mass is 9.71. The van der Waals surface area contributed by atoms with Crippen molar-refractivity contribution >= 4 is 0 Å². The lowest BCUT2D eigenvalue weighted by Gasteiger charge is -2.45. The zero-order chi connectivity index (χ0) is 24.3. The first-order chi connectivity index (χ1) is 16.5.